The molecule has 0 bridgehead atoms. The first-order valence-electron chi connectivity index (χ1n) is 8.81. The Hall–Kier alpha value is -2.08. The van der Waals surface area contributed by atoms with Crippen molar-refractivity contribution in [1.82, 2.24) is 4.90 Å². The van der Waals surface area contributed by atoms with E-state index in [0.29, 0.717) is 0 Å². The second-order valence-corrected chi connectivity index (χ2v) is 7.15. The third-order valence-corrected chi connectivity index (χ3v) is 5.76. The van der Waals surface area contributed by atoms with Gasteiger partial charge in [-0.1, -0.05) is 25.0 Å². The van der Waals surface area contributed by atoms with Crippen molar-refractivity contribution in [2.24, 2.45) is 0 Å². The zero-order valence-corrected chi connectivity index (χ0v) is 14.5. The van der Waals surface area contributed by atoms with Gasteiger partial charge in [0.05, 0.1) is 12.5 Å². The predicted octanol–water partition coefficient (Wildman–Crippen LogP) is 1.95. The maximum absolute atomic E-state index is 13.4. The lowest BCUT2D eigenvalue weighted by Gasteiger charge is -2.40. The molecule has 1 aliphatic carbocycles. The number of rotatable bonds is 4. The van der Waals surface area contributed by atoms with Crippen LogP contribution in [0.1, 0.15) is 44.1 Å². The highest BCUT2D eigenvalue weighted by Gasteiger charge is 2.48. The summed E-state index contributed by atoms with van der Waals surface area (Å²) in [6.45, 7) is 0.542. The SMILES string of the molecule is COc1cccc(C2(C(=O)N3CCC(O)(C(=O)O)CC3)CCCC2)c1. The summed E-state index contributed by atoms with van der Waals surface area (Å²) < 4.78 is 5.32. The number of piperidine rings is 1. The molecule has 2 fully saturated rings. The number of aliphatic hydroxyl groups is 1. The van der Waals surface area contributed by atoms with Crippen LogP contribution in [0.4, 0.5) is 0 Å². The van der Waals surface area contributed by atoms with Gasteiger partial charge in [0.2, 0.25) is 5.91 Å². The van der Waals surface area contributed by atoms with E-state index in [0.717, 1.165) is 37.0 Å². The van der Waals surface area contributed by atoms with E-state index in [1.165, 1.54) is 0 Å². The highest BCUT2D eigenvalue weighted by Crippen LogP contribution is 2.44. The maximum atomic E-state index is 13.4. The number of ether oxygens (including phenoxy) is 1. The fourth-order valence-electron chi connectivity index (χ4n) is 4.12. The summed E-state index contributed by atoms with van der Waals surface area (Å²) in [6.07, 6.45) is 3.72. The van der Waals surface area contributed by atoms with Gasteiger partial charge in [0.25, 0.3) is 0 Å². The molecular formula is C19H25NO5. The zero-order chi connectivity index (χ0) is 18.1. The average molecular weight is 347 g/mol. The van der Waals surface area contributed by atoms with Crippen LogP contribution in [-0.2, 0) is 15.0 Å². The number of hydrogen-bond acceptors (Lipinski definition) is 4. The van der Waals surface area contributed by atoms with E-state index < -0.39 is 17.0 Å². The van der Waals surface area contributed by atoms with Crippen molar-refractivity contribution in [1.29, 1.82) is 0 Å². The van der Waals surface area contributed by atoms with Crippen LogP contribution in [0, 0.1) is 0 Å². The molecule has 1 amide bonds. The molecule has 136 valence electrons. The van der Waals surface area contributed by atoms with E-state index in [-0.39, 0.29) is 31.8 Å². The summed E-state index contributed by atoms with van der Waals surface area (Å²) in [5, 5.41) is 19.3. The topological polar surface area (TPSA) is 87.1 Å². The van der Waals surface area contributed by atoms with Gasteiger partial charge in [0.1, 0.15) is 5.75 Å². The van der Waals surface area contributed by atoms with Crippen molar-refractivity contribution < 1.29 is 24.5 Å². The number of amides is 1. The Morgan fingerprint density at radius 1 is 1.12 bits per heavy atom. The number of carbonyl (C=O) groups excluding carboxylic acids is 1. The Morgan fingerprint density at radius 3 is 2.32 bits per heavy atom. The van der Waals surface area contributed by atoms with E-state index in [4.69, 9.17) is 9.84 Å². The molecule has 1 saturated heterocycles. The second-order valence-electron chi connectivity index (χ2n) is 7.15. The lowest BCUT2D eigenvalue weighted by Crippen LogP contribution is -2.54. The van der Waals surface area contributed by atoms with Crippen molar-refractivity contribution in [2.75, 3.05) is 20.2 Å². The molecule has 3 rings (SSSR count). The number of carbonyl (C=O) groups is 2. The minimum Gasteiger partial charge on any atom is -0.497 e. The third kappa shape index (κ3) is 3.11. The quantitative estimate of drug-likeness (QED) is 0.869. The fourth-order valence-corrected chi connectivity index (χ4v) is 4.12. The molecule has 0 aromatic heterocycles. The average Bonchev–Trinajstić information content (AvgIpc) is 3.13. The lowest BCUT2D eigenvalue weighted by atomic mass is 9.76. The molecule has 2 aliphatic rings. The van der Waals surface area contributed by atoms with E-state index in [1.807, 2.05) is 24.3 Å². The van der Waals surface area contributed by atoms with Crippen LogP contribution < -0.4 is 4.74 Å². The van der Waals surface area contributed by atoms with Crippen molar-refractivity contribution >= 4 is 11.9 Å². The van der Waals surface area contributed by atoms with E-state index >= 15 is 0 Å². The van der Waals surface area contributed by atoms with E-state index in [2.05, 4.69) is 0 Å². The molecule has 1 saturated carbocycles. The molecule has 6 nitrogen and oxygen atoms in total. The van der Waals surface area contributed by atoms with Crippen LogP contribution >= 0.6 is 0 Å². The zero-order valence-electron chi connectivity index (χ0n) is 14.5. The van der Waals surface area contributed by atoms with Crippen LogP contribution in [0.25, 0.3) is 0 Å². The first-order chi connectivity index (χ1) is 11.9. The van der Waals surface area contributed by atoms with Crippen molar-refractivity contribution in [3.8, 4) is 5.75 Å². The standard InChI is InChI=1S/C19H25NO5/c1-25-15-6-4-5-14(13-15)18(7-2-3-8-18)16(21)20-11-9-19(24,10-12-20)17(22)23/h4-6,13,24H,2-3,7-12H2,1H3,(H,22,23). The monoisotopic (exact) mass is 347 g/mol. The number of benzene rings is 1. The molecule has 1 aromatic rings. The third-order valence-electron chi connectivity index (χ3n) is 5.76. The Morgan fingerprint density at radius 2 is 1.76 bits per heavy atom. The molecule has 1 aliphatic heterocycles. The van der Waals surface area contributed by atoms with Gasteiger partial charge in [-0.25, -0.2) is 4.79 Å². The highest BCUT2D eigenvalue weighted by atomic mass is 16.5. The van der Waals surface area contributed by atoms with Gasteiger partial charge in [-0.3, -0.25) is 4.79 Å². The van der Waals surface area contributed by atoms with Gasteiger partial charge < -0.3 is 19.8 Å². The number of carboxylic acid groups (broad SMARTS) is 1. The smallest absolute Gasteiger partial charge is 0.335 e. The second kappa shape index (κ2) is 6.67. The largest absolute Gasteiger partial charge is 0.497 e. The minimum atomic E-state index is -1.71. The van der Waals surface area contributed by atoms with Crippen LogP contribution in [0.3, 0.4) is 0 Å². The van der Waals surface area contributed by atoms with Gasteiger partial charge in [-0.2, -0.15) is 0 Å². The van der Waals surface area contributed by atoms with Crippen LogP contribution in [0.5, 0.6) is 5.75 Å². The molecule has 2 N–H and O–H groups in total. The Bertz CT molecular complexity index is 658. The minimum absolute atomic E-state index is 0.0469. The van der Waals surface area contributed by atoms with E-state index in [1.54, 1.807) is 12.0 Å². The Kier molecular flexibility index (Phi) is 4.73. The summed E-state index contributed by atoms with van der Waals surface area (Å²) in [6, 6.07) is 7.68. The summed E-state index contributed by atoms with van der Waals surface area (Å²) in [7, 11) is 1.61. The molecule has 0 unspecified atom stereocenters. The highest BCUT2D eigenvalue weighted by molar-refractivity contribution is 5.89. The summed E-state index contributed by atoms with van der Waals surface area (Å²) in [4.78, 5) is 26.3. The number of methoxy groups -OCH3 is 1. The van der Waals surface area contributed by atoms with Gasteiger partial charge in [0.15, 0.2) is 5.60 Å². The summed E-state index contributed by atoms with van der Waals surface area (Å²) >= 11 is 0. The van der Waals surface area contributed by atoms with Crippen molar-refractivity contribution in [3.63, 3.8) is 0 Å². The number of aliphatic carboxylic acids is 1. The van der Waals surface area contributed by atoms with Crippen molar-refractivity contribution in [2.45, 2.75) is 49.5 Å². The molecule has 1 aromatic carbocycles. The van der Waals surface area contributed by atoms with Gasteiger partial charge >= 0.3 is 5.97 Å². The maximum Gasteiger partial charge on any atom is 0.335 e. The van der Waals surface area contributed by atoms with Crippen molar-refractivity contribution in [3.05, 3.63) is 29.8 Å². The van der Waals surface area contributed by atoms with Gasteiger partial charge in [-0.05, 0) is 30.5 Å². The number of hydrogen-bond donors (Lipinski definition) is 2. The molecule has 0 atom stereocenters. The molecular weight excluding hydrogens is 322 g/mol. The Labute approximate surface area is 147 Å². The summed E-state index contributed by atoms with van der Waals surface area (Å²) in [5.74, 6) is -0.427. The van der Waals surface area contributed by atoms with Gasteiger partial charge in [-0.15, -0.1) is 0 Å². The predicted molar refractivity (Wildman–Crippen MR) is 91.5 cm³/mol. The number of likely N-dealkylation sites (tertiary alicyclic amines) is 1. The molecule has 0 spiro atoms. The van der Waals surface area contributed by atoms with Gasteiger partial charge in [0, 0.05) is 25.9 Å². The lowest BCUT2D eigenvalue weighted by molar-refractivity contribution is -0.166. The summed E-state index contributed by atoms with van der Waals surface area (Å²) in [5.41, 5.74) is -1.31. The molecule has 0 radical (unpaired) electrons. The number of nitrogens with zero attached hydrogens (tertiary/aromatic N) is 1. The van der Waals surface area contributed by atoms with E-state index in [9.17, 15) is 14.7 Å². The Balaban J connectivity index is 1.84. The van der Waals surface area contributed by atoms with Crippen LogP contribution in [0.15, 0.2) is 24.3 Å². The first-order valence-corrected chi connectivity index (χ1v) is 8.81. The number of carboxylic acids is 1. The normalized spacial score (nSPS) is 21.8. The fraction of sp³-hybridized carbons (Fsp3) is 0.579. The van der Waals surface area contributed by atoms with Crippen LogP contribution in [0.2, 0.25) is 0 Å². The molecule has 25 heavy (non-hydrogen) atoms. The molecule has 6 heteroatoms. The van der Waals surface area contributed by atoms with Crippen LogP contribution in [-0.4, -0.2) is 52.8 Å². The molecule has 1 heterocycles. The first kappa shape index (κ1) is 17.7.